The average Bonchev–Trinajstić information content (AvgIpc) is 2.39. The molecule has 0 aromatic carbocycles. The van der Waals surface area contributed by atoms with E-state index in [0.29, 0.717) is 12.2 Å². The van der Waals surface area contributed by atoms with Gasteiger partial charge in [0.25, 0.3) is 0 Å². The standard InChI is InChI=1S/C14H28NO6PS/c1-6-20-12(16)7-9-22(18,19)11(8-10-23-5)15-13(17)21-14(2,3)4/h11H,6-10H2,1-5H3,(H,15,17)(H,18,19). The first kappa shape index (κ1) is 22.3. The minimum atomic E-state index is -3.76. The van der Waals surface area contributed by atoms with Gasteiger partial charge in [0.1, 0.15) is 11.4 Å². The van der Waals surface area contributed by atoms with Gasteiger partial charge in [-0.2, -0.15) is 11.8 Å². The van der Waals surface area contributed by atoms with E-state index >= 15 is 0 Å². The fraction of sp³-hybridized carbons (Fsp3) is 0.857. The first-order valence-corrected chi connectivity index (χ1v) is 10.8. The molecule has 0 rings (SSSR count). The van der Waals surface area contributed by atoms with Gasteiger partial charge in [-0.1, -0.05) is 0 Å². The summed E-state index contributed by atoms with van der Waals surface area (Å²) in [6, 6.07) is 0. The van der Waals surface area contributed by atoms with Gasteiger partial charge >= 0.3 is 12.1 Å². The summed E-state index contributed by atoms with van der Waals surface area (Å²) in [6.45, 7) is 7.02. The molecule has 9 heteroatoms. The number of esters is 1. The number of alkyl carbamates (subject to hydrolysis) is 1. The van der Waals surface area contributed by atoms with E-state index in [1.165, 1.54) is 11.8 Å². The quantitative estimate of drug-likeness (QED) is 0.476. The smallest absolute Gasteiger partial charge is 0.408 e. The van der Waals surface area contributed by atoms with Crippen molar-refractivity contribution in [3.63, 3.8) is 0 Å². The lowest BCUT2D eigenvalue weighted by Crippen LogP contribution is -2.39. The Bertz CT molecular complexity index is 437. The summed E-state index contributed by atoms with van der Waals surface area (Å²) >= 11 is 1.50. The minimum absolute atomic E-state index is 0.159. The highest BCUT2D eigenvalue weighted by molar-refractivity contribution is 7.98. The predicted octanol–water partition coefficient (Wildman–Crippen LogP) is 2.81. The maximum atomic E-state index is 12.5. The number of carbonyl (C=O) groups is 2. The Kier molecular flexibility index (Phi) is 9.89. The highest BCUT2D eigenvalue weighted by Crippen LogP contribution is 2.47. The van der Waals surface area contributed by atoms with Crippen molar-refractivity contribution in [3.05, 3.63) is 0 Å². The third-order valence-electron chi connectivity index (χ3n) is 2.71. The molecule has 0 aromatic heterocycles. The molecule has 1 amide bonds. The van der Waals surface area contributed by atoms with Crippen molar-refractivity contribution >= 4 is 31.2 Å². The summed E-state index contributed by atoms with van der Waals surface area (Å²) in [5.41, 5.74) is -0.696. The minimum Gasteiger partial charge on any atom is -0.466 e. The Morgan fingerprint density at radius 1 is 1.35 bits per heavy atom. The molecule has 0 saturated carbocycles. The summed E-state index contributed by atoms with van der Waals surface area (Å²) in [5, 5.41) is 2.46. The van der Waals surface area contributed by atoms with Crippen molar-refractivity contribution in [2.75, 3.05) is 24.8 Å². The van der Waals surface area contributed by atoms with Crippen LogP contribution in [0.5, 0.6) is 0 Å². The lowest BCUT2D eigenvalue weighted by atomic mass is 10.2. The zero-order valence-corrected chi connectivity index (χ0v) is 16.2. The van der Waals surface area contributed by atoms with E-state index in [1.54, 1.807) is 27.7 Å². The summed E-state index contributed by atoms with van der Waals surface area (Å²) in [5.74, 6) is -0.869. The van der Waals surface area contributed by atoms with E-state index in [4.69, 9.17) is 9.47 Å². The fourth-order valence-corrected chi connectivity index (χ4v) is 3.99. The zero-order chi connectivity index (χ0) is 18.1. The van der Waals surface area contributed by atoms with E-state index in [1.807, 2.05) is 6.26 Å². The van der Waals surface area contributed by atoms with Crippen molar-refractivity contribution in [2.45, 2.75) is 51.9 Å². The third kappa shape index (κ3) is 10.6. The molecular weight excluding hydrogens is 341 g/mol. The molecule has 0 spiro atoms. The van der Waals surface area contributed by atoms with E-state index in [2.05, 4.69) is 5.32 Å². The number of nitrogens with one attached hydrogen (secondary N) is 1. The summed E-state index contributed by atoms with van der Waals surface area (Å²) in [4.78, 5) is 33.5. The van der Waals surface area contributed by atoms with Crippen LogP contribution in [0, 0.1) is 0 Å². The molecule has 0 aliphatic heterocycles. The van der Waals surface area contributed by atoms with Crippen LogP contribution in [0.25, 0.3) is 0 Å². The number of rotatable bonds is 9. The number of hydrogen-bond donors (Lipinski definition) is 2. The van der Waals surface area contributed by atoms with Gasteiger partial charge in [-0.3, -0.25) is 9.36 Å². The largest absolute Gasteiger partial charge is 0.466 e. The molecule has 0 fully saturated rings. The van der Waals surface area contributed by atoms with Gasteiger partial charge in [-0.15, -0.1) is 0 Å². The Hall–Kier alpha value is -0.720. The second-order valence-electron chi connectivity index (χ2n) is 5.98. The molecule has 2 N–H and O–H groups in total. The normalized spacial score (nSPS) is 15.4. The Morgan fingerprint density at radius 3 is 2.43 bits per heavy atom. The Balaban J connectivity index is 4.81. The monoisotopic (exact) mass is 369 g/mol. The van der Waals surface area contributed by atoms with Crippen LogP contribution in [0.15, 0.2) is 0 Å². The highest BCUT2D eigenvalue weighted by atomic mass is 32.2. The second kappa shape index (κ2) is 10.2. The molecule has 0 heterocycles. The molecule has 0 aromatic rings. The fourth-order valence-electron chi connectivity index (χ4n) is 1.69. The molecule has 0 aliphatic carbocycles. The molecule has 23 heavy (non-hydrogen) atoms. The van der Waals surface area contributed by atoms with Gasteiger partial charge in [0.15, 0.2) is 0 Å². The first-order valence-electron chi connectivity index (χ1n) is 7.47. The SMILES string of the molecule is CCOC(=O)CCP(=O)(O)C(CCSC)NC(=O)OC(C)(C)C. The van der Waals surface area contributed by atoms with Gasteiger partial charge in [-0.05, 0) is 46.1 Å². The molecule has 0 saturated heterocycles. The molecular formula is C14H28NO6PS. The molecule has 0 radical (unpaired) electrons. The van der Waals surface area contributed by atoms with Crippen molar-refractivity contribution in [2.24, 2.45) is 0 Å². The Labute approximate surface area is 142 Å². The number of hydrogen-bond acceptors (Lipinski definition) is 6. The maximum absolute atomic E-state index is 12.5. The summed E-state index contributed by atoms with van der Waals surface area (Å²) in [7, 11) is -3.76. The van der Waals surface area contributed by atoms with Gasteiger partial charge in [0, 0.05) is 6.16 Å². The van der Waals surface area contributed by atoms with Gasteiger partial charge in [0.05, 0.1) is 13.0 Å². The third-order valence-corrected chi connectivity index (χ3v) is 5.58. The van der Waals surface area contributed by atoms with Gasteiger partial charge in [0.2, 0.25) is 7.37 Å². The molecule has 136 valence electrons. The van der Waals surface area contributed by atoms with Crippen LogP contribution in [0.2, 0.25) is 0 Å². The number of amides is 1. The molecule has 2 unspecified atom stereocenters. The van der Waals surface area contributed by atoms with Crippen LogP contribution in [-0.2, 0) is 18.8 Å². The maximum Gasteiger partial charge on any atom is 0.408 e. The van der Waals surface area contributed by atoms with E-state index in [0.717, 1.165) is 0 Å². The van der Waals surface area contributed by atoms with Crippen molar-refractivity contribution in [1.29, 1.82) is 0 Å². The summed E-state index contributed by atoms with van der Waals surface area (Å²) < 4.78 is 22.4. The van der Waals surface area contributed by atoms with Crippen molar-refractivity contribution < 1.29 is 28.5 Å². The van der Waals surface area contributed by atoms with Crippen molar-refractivity contribution in [3.8, 4) is 0 Å². The molecule has 0 bridgehead atoms. The van der Waals surface area contributed by atoms with E-state index in [9.17, 15) is 19.0 Å². The van der Waals surface area contributed by atoms with Crippen LogP contribution in [0.1, 0.15) is 40.5 Å². The molecule has 2 atom stereocenters. The predicted molar refractivity (Wildman–Crippen MR) is 92.1 cm³/mol. The van der Waals surface area contributed by atoms with Crippen molar-refractivity contribution in [1.82, 2.24) is 5.32 Å². The average molecular weight is 369 g/mol. The van der Waals surface area contributed by atoms with E-state index < -0.39 is 30.8 Å². The summed E-state index contributed by atoms with van der Waals surface area (Å²) in [6.07, 6.45) is 1.05. The lowest BCUT2D eigenvalue weighted by Gasteiger charge is -2.26. The number of ether oxygens (including phenoxy) is 2. The van der Waals surface area contributed by atoms with Crippen LogP contribution in [-0.4, -0.2) is 53.1 Å². The van der Waals surface area contributed by atoms with Crippen LogP contribution < -0.4 is 5.32 Å². The van der Waals surface area contributed by atoms with E-state index in [-0.39, 0.29) is 19.2 Å². The number of carbonyl (C=O) groups excluding carboxylic acids is 2. The molecule has 0 aliphatic rings. The first-order chi connectivity index (χ1) is 10.5. The van der Waals surface area contributed by atoms with Crippen LogP contribution in [0.4, 0.5) is 4.79 Å². The second-order valence-corrected chi connectivity index (χ2v) is 9.55. The Morgan fingerprint density at radius 2 is 1.96 bits per heavy atom. The van der Waals surface area contributed by atoms with Gasteiger partial charge < -0.3 is 19.7 Å². The van der Waals surface area contributed by atoms with Gasteiger partial charge in [-0.25, -0.2) is 4.79 Å². The zero-order valence-electron chi connectivity index (χ0n) is 14.5. The lowest BCUT2D eigenvalue weighted by molar-refractivity contribution is -0.142. The highest BCUT2D eigenvalue weighted by Gasteiger charge is 2.33. The number of thioether (sulfide) groups is 1. The topological polar surface area (TPSA) is 102 Å². The molecule has 7 nitrogen and oxygen atoms in total. The van der Waals surface area contributed by atoms with Crippen LogP contribution >= 0.6 is 19.1 Å². The van der Waals surface area contributed by atoms with Crippen LogP contribution in [0.3, 0.4) is 0 Å².